The van der Waals surface area contributed by atoms with E-state index in [9.17, 15) is 40.4 Å². The number of benzene rings is 3. The Hall–Kier alpha value is -7.88. The van der Waals surface area contributed by atoms with Crippen molar-refractivity contribution in [1.82, 2.24) is 0 Å². The third-order valence-electron chi connectivity index (χ3n) is 7.44. The predicted molar refractivity (Wildman–Crippen MR) is 150 cm³/mol. The summed E-state index contributed by atoms with van der Waals surface area (Å²) in [4.78, 5) is 0. The summed E-state index contributed by atoms with van der Waals surface area (Å²) < 4.78 is 94.1. The van der Waals surface area contributed by atoms with Crippen LogP contribution in [-0.4, -0.2) is 0 Å². The van der Waals surface area contributed by atoms with Gasteiger partial charge < -0.3 is 0 Å². The lowest BCUT2D eigenvalue weighted by atomic mass is 9.88. The van der Waals surface area contributed by atoms with E-state index in [1.165, 1.54) is 48.6 Å². The van der Waals surface area contributed by atoms with Crippen LogP contribution in [0.2, 0.25) is 0 Å². The molecule has 0 aromatic heterocycles. The Labute approximate surface area is 265 Å². The van der Waals surface area contributed by atoms with Crippen molar-refractivity contribution in [2.45, 2.75) is 0 Å². The summed E-state index contributed by atoms with van der Waals surface area (Å²) in [6.07, 6.45) is 0. The molecule has 0 atom stereocenters. The van der Waals surface area contributed by atoms with Crippen LogP contribution in [0.25, 0.3) is 33.4 Å². The van der Waals surface area contributed by atoms with Gasteiger partial charge in [0.2, 0.25) is 0 Å². The van der Waals surface area contributed by atoms with E-state index in [4.69, 9.17) is 10.5 Å². The third kappa shape index (κ3) is 4.18. The molecule has 3 aromatic carbocycles. The number of fused-ring (bicyclic) bond motifs is 2. The van der Waals surface area contributed by atoms with Crippen molar-refractivity contribution in [2.75, 3.05) is 0 Å². The topological polar surface area (TPSA) is 190 Å². The Morgan fingerprint density at radius 3 is 1.02 bits per heavy atom. The molecule has 14 heteroatoms. The lowest BCUT2D eigenvalue weighted by Crippen LogP contribution is -2.05. The average molecular weight is 638 g/mol. The lowest BCUT2D eigenvalue weighted by Gasteiger charge is -2.14. The molecule has 2 aliphatic rings. The van der Waals surface area contributed by atoms with Gasteiger partial charge in [0.15, 0.2) is 0 Å². The molecule has 0 spiro atoms. The van der Waals surface area contributed by atoms with E-state index in [0.29, 0.717) is 24.3 Å². The Morgan fingerprint density at radius 2 is 0.750 bits per heavy atom. The molecule has 5 rings (SSSR count). The van der Waals surface area contributed by atoms with E-state index in [2.05, 4.69) is 0 Å². The fraction of sp³-hybridized carbons (Fsp3) is 0. The van der Waals surface area contributed by atoms with E-state index >= 15 is 17.6 Å². The van der Waals surface area contributed by atoms with Gasteiger partial charge in [-0.05, 0) is 24.3 Å². The van der Waals surface area contributed by atoms with E-state index in [-0.39, 0.29) is 0 Å². The highest BCUT2D eigenvalue weighted by molar-refractivity contribution is 6.30. The molecule has 48 heavy (non-hydrogen) atoms. The minimum absolute atomic E-state index is 0.401. The molecular weight excluding hydrogens is 634 g/mol. The van der Waals surface area contributed by atoms with Gasteiger partial charge in [0.1, 0.15) is 94.6 Å². The van der Waals surface area contributed by atoms with Gasteiger partial charge in [-0.2, -0.15) is 42.1 Å². The van der Waals surface area contributed by atoms with Gasteiger partial charge in [-0.15, -0.1) is 0 Å². The molecule has 0 aliphatic heterocycles. The maximum Gasteiger partial charge on any atom is 0.141 e. The van der Waals surface area contributed by atoms with Gasteiger partial charge in [0, 0.05) is 55.7 Å². The Morgan fingerprint density at radius 1 is 0.417 bits per heavy atom. The van der Waals surface area contributed by atoms with Crippen LogP contribution >= 0.6 is 0 Å². The number of rotatable bonds is 2. The highest BCUT2D eigenvalue weighted by Crippen LogP contribution is 2.57. The van der Waals surface area contributed by atoms with Crippen molar-refractivity contribution < 1.29 is 26.3 Å². The number of halogens is 6. The minimum atomic E-state index is -1.68. The summed E-state index contributed by atoms with van der Waals surface area (Å²) in [6.45, 7) is 0. The van der Waals surface area contributed by atoms with Crippen molar-refractivity contribution >= 4 is 33.4 Å². The first-order valence-electron chi connectivity index (χ1n) is 12.7. The van der Waals surface area contributed by atoms with Crippen molar-refractivity contribution in [3.05, 3.63) is 115 Å². The third-order valence-corrected chi connectivity index (χ3v) is 7.44. The van der Waals surface area contributed by atoms with Gasteiger partial charge in [-0.25, -0.2) is 26.3 Å². The van der Waals surface area contributed by atoms with Crippen LogP contribution in [0.1, 0.15) is 44.5 Å². The zero-order valence-corrected chi connectivity index (χ0v) is 23.2. The van der Waals surface area contributed by atoms with Crippen molar-refractivity contribution in [3.8, 4) is 48.6 Å². The van der Waals surface area contributed by atoms with Crippen LogP contribution in [-0.2, 0) is 0 Å². The Kier molecular flexibility index (Phi) is 7.60. The Bertz CT molecular complexity index is 2390. The SMILES string of the molecule is N#CC(C#N)=C1C(c2cc(F)c(C#N)cc2F)=C(C#N)c2c(F)c3c(c(F)c21)C(C#N)=C(c1cc(F)c(C#N)cc1F)C3=C(C#N)C#N. The maximum atomic E-state index is 17.0. The maximum absolute atomic E-state index is 17.0. The molecule has 8 nitrogen and oxygen atoms in total. The van der Waals surface area contributed by atoms with E-state index in [0.717, 1.165) is 0 Å². The first kappa shape index (κ1) is 31.5. The molecule has 0 bridgehead atoms. The smallest absolute Gasteiger partial charge is 0.141 e. The summed E-state index contributed by atoms with van der Waals surface area (Å²) in [6, 6.07) is 13.0. The number of nitrogens with zero attached hydrogens (tertiary/aromatic N) is 8. The summed E-state index contributed by atoms with van der Waals surface area (Å²) in [5.41, 5.74) is -15.2. The average Bonchev–Trinajstić information content (AvgIpc) is 3.60. The molecule has 0 fully saturated rings. The lowest BCUT2D eigenvalue weighted by molar-refractivity contribution is 0.590. The number of allylic oxidation sites excluding steroid dienone is 8. The normalized spacial score (nSPS) is 12.4. The van der Waals surface area contributed by atoms with E-state index in [1.807, 2.05) is 0 Å². The highest BCUT2D eigenvalue weighted by Gasteiger charge is 2.45. The van der Waals surface area contributed by atoms with Crippen LogP contribution in [0.4, 0.5) is 26.3 Å². The van der Waals surface area contributed by atoms with E-state index in [1.54, 1.807) is 0 Å². The minimum Gasteiger partial charge on any atom is -0.206 e. The van der Waals surface area contributed by atoms with Gasteiger partial charge in [0.05, 0.1) is 22.3 Å². The summed E-state index contributed by atoms with van der Waals surface area (Å²) in [5, 5.41) is 77.6. The van der Waals surface area contributed by atoms with Gasteiger partial charge in [0.25, 0.3) is 0 Å². The molecular formula is C34H4F6N8. The van der Waals surface area contributed by atoms with E-state index < -0.39 is 124 Å². The second-order valence-corrected chi connectivity index (χ2v) is 9.65. The second-order valence-electron chi connectivity index (χ2n) is 9.65. The fourth-order valence-corrected chi connectivity index (χ4v) is 5.56. The highest BCUT2D eigenvalue weighted by atomic mass is 19.1. The quantitative estimate of drug-likeness (QED) is 0.217. The van der Waals surface area contributed by atoms with Crippen LogP contribution in [0.15, 0.2) is 35.4 Å². The molecule has 222 valence electrons. The van der Waals surface area contributed by atoms with Gasteiger partial charge >= 0.3 is 0 Å². The monoisotopic (exact) mass is 638 g/mol. The Balaban J connectivity index is 2.05. The van der Waals surface area contributed by atoms with Crippen LogP contribution in [0.5, 0.6) is 0 Å². The second kappa shape index (κ2) is 11.6. The molecule has 0 unspecified atom stereocenters. The molecule has 0 amide bonds. The van der Waals surface area contributed by atoms with Gasteiger partial charge in [-0.1, -0.05) is 0 Å². The zero-order valence-electron chi connectivity index (χ0n) is 23.2. The van der Waals surface area contributed by atoms with Crippen LogP contribution in [0.3, 0.4) is 0 Å². The molecule has 3 aromatic rings. The standard InChI is InChI=1S/C34H4F6N8/c35-21-3-17(23(37)1-13(21)5-41)27-19(11-47)29-31(25(27)15(7-43)8-44)34(40)30-20(12-48)28(18-4-22(36)14(6-42)2-24(18)38)26(16(9-45)10-46)32(30)33(29)39/h1-4H. The zero-order chi connectivity index (χ0) is 35.2. The summed E-state index contributed by atoms with van der Waals surface area (Å²) in [5.74, 6) is -8.85. The van der Waals surface area contributed by atoms with Crippen molar-refractivity contribution in [3.63, 3.8) is 0 Å². The number of hydrogen-bond donors (Lipinski definition) is 0. The molecule has 0 radical (unpaired) electrons. The molecule has 0 saturated heterocycles. The predicted octanol–water partition coefficient (Wildman–Crippen LogP) is 6.76. The van der Waals surface area contributed by atoms with Gasteiger partial charge in [-0.3, -0.25) is 0 Å². The molecule has 2 aliphatic carbocycles. The fourth-order valence-electron chi connectivity index (χ4n) is 5.56. The number of hydrogen-bond acceptors (Lipinski definition) is 8. The summed E-state index contributed by atoms with van der Waals surface area (Å²) in [7, 11) is 0. The van der Waals surface area contributed by atoms with Crippen molar-refractivity contribution in [2.24, 2.45) is 0 Å². The number of nitriles is 8. The largest absolute Gasteiger partial charge is 0.206 e. The summed E-state index contributed by atoms with van der Waals surface area (Å²) >= 11 is 0. The first-order chi connectivity index (χ1) is 23.0. The molecule has 0 saturated carbocycles. The van der Waals surface area contributed by atoms with Crippen molar-refractivity contribution in [1.29, 1.82) is 42.1 Å². The molecule has 0 N–H and O–H groups in total. The van der Waals surface area contributed by atoms with Crippen LogP contribution < -0.4 is 0 Å². The van der Waals surface area contributed by atoms with Crippen LogP contribution in [0, 0.1) is 126 Å². The molecule has 0 heterocycles. The first-order valence-corrected chi connectivity index (χ1v) is 12.7.